The van der Waals surface area contributed by atoms with Gasteiger partial charge < -0.3 is 39.4 Å². The molecule has 8 aliphatic carbocycles. The topological polar surface area (TPSA) is 131 Å². The van der Waals surface area contributed by atoms with Crippen LogP contribution in [0.2, 0.25) is 0 Å². The van der Waals surface area contributed by atoms with E-state index in [9.17, 15) is 20.4 Å². The summed E-state index contributed by atoms with van der Waals surface area (Å²) in [6, 6.07) is 0. The predicted molar refractivity (Wildman–Crippen MR) is 271 cm³/mol. The average molecular weight is 953 g/mol. The second-order valence-corrected chi connectivity index (χ2v) is 29.4. The monoisotopic (exact) mass is 953 g/mol. The highest BCUT2D eigenvalue weighted by atomic mass is 16.6. The van der Waals surface area contributed by atoms with Crippen LogP contribution in [0.25, 0.3) is 0 Å². The molecule has 12 rings (SSSR count). The molecule has 0 spiro atoms. The molecule has 8 heteroatoms. The maximum absolute atomic E-state index is 10.3. The number of epoxide rings is 4. The van der Waals surface area contributed by atoms with E-state index in [2.05, 4.69) is 55.4 Å². The van der Waals surface area contributed by atoms with Crippen LogP contribution in [-0.4, -0.2) is 87.6 Å². The molecule has 0 unspecified atom stereocenters. The molecule has 8 nitrogen and oxygen atoms in total. The molecule has 0 amide bonds. The van der Waals surface area contributed by atoms with Crippen LogP contribution in [-0.2, 0) is 18.9 Å². The Morgan fingerprint density at radius 1 is 0.265 bits per heavy atom. The molecule has 4 heterocycles. The zero-order valence-corrected chi connectivity index (χ0v) is 46.5. The Morgan fingerprint density at radius 3 is 0.588 bits per heavy atom. The van der Waals surface area contributed by atoms with E-state index < -0.39 is 22.4 Å². The zero-order chi connectivity index (χ0) is 49.9. The molecule has 12 fully saturated rings. The van der Waals surface area contributed by atoms with Crippen LogP contribution in [0.4, 0.5) is 0 Å². The number of rotatable bonds is 4. The Balaban J connectivity index is 0.000000113. The van der Waals surface area contributed by atoms with E-state index >= 15 is 0 Å². The number of hydrogen-bond donors (Lipinski definition) is 4. The normalized spacial score (nSPS) is 53.8. The van der Waals surface area contributed by atoms with Crippen LogP contribution >= 0.6 is 0 Å². The highest BCUT2D eigenvalue weighted by molar-refractivity contribution is 5.29. The summed E-state index contributed by atoms with van der Waals surface area (Å²) in [6.07, 6.45) is 24.0. The van der Waals surface area contributed by atoms with Gasteiger partial charge in [0.25, 0.3) is 0 Å². The van der Waals surface area contributed by atoms with E-state index in [0.29, 0.717) is 71.0 Å². The number of aliphatic hydroxyl groups is 4. The Bertz CT molecular complexity index is 1590. The first-order valence-corrected chi connectivity index (χ1v) is 29.0. The lowest BCUT2D eigenvalue weighted by molar-refractivity contribution is -0.0113. The molecule has 4 aliphatic heterocycles. The van der Waals surface area contributed by atoms with Crippen molar-refractivity contribution >= 4 is 0 Å². The summed E-state index contributed by atoms with van der Waals surface area (Å²) >= 11 is 0. The van der Waals surface area contributed by atoms with Gasteiger partial charge in [0.1, 0.15) is 44.8 Å². The van der Waals surface area contributed by atoms with E-state index in [-0.39, 0.29) is 44.8 Å². The summed E-state index contributed by atoms with van der Waals surface area (Å²) < 4.78 is 25.2. The van der Waals surface area contributed by atoms with Gasteiger partial charge >= 0.3 is 0 Å². The van der Waals surface area contributed by atoms with Crippen molar-refractivity contribution < 1.29 is 39.4 Å². The second kappa shape index (κ2) is 16.6. The fraction of sp³-hybridized carbons (Fsp3) is 1.00. The first-order valence-electron chi connectivity index (χ1n) is 29.0. The van der Waals surface area contributed by atoms with Gasteiger partial charge in [-0.3, -0.25) is 0 Å². The van der Waals surface area contributed by atoms with Gasteiger partial charge in [-0.2, -0.15) is 0 Å². The minimum atomic E-state index is -0.557. The summed E-state index contributed by atoms with van der Waals surface area (Å²) in [7, 11) is 0. The van der Waals surface area contributed by atoms with Gasteiger partial charge in [-0.15, -0.1) is 0 Å². The second-order valence-electron chi connectivity index (χ2n) is 29.4. The lowest BCUT2D eigenvalue weighted by atomic mass is 9.77. The summed E-state index contributed by atoms with van der Waals surface area (Å²) in [5, 5.41) is 41.3. The van der Waals surface area contributed by atoms with Gasteiger partial charge in [0, 0.05) is 0 Å². The van der Waals surface area contributed by atoms with Crippen LogP contribution in [0.1, 0.15) is 239 Å². The van der Waals surface area contributed by atoms with Crippen molar-refractivity contribution in [1.82, 2.24) is 0 Å². The van der Waals surface area contributed by atoms with Gasteiger partial charge in [-0.1, -0.05) is 55.4 Å². The van der Waals surface area contributed by atoms with Crippen molar-refractivity contribution in [3.8, 4) is 0 Å². The third-order valence-electron chi connectivity index (χ3n) is 24.3. The van der Waals surface area contributed by atoms with E-state index in [1.165, 1.54) is 77.0 Å². The predicted octanol–water partition coefficient (Wildman–Crippen LogP) is 12.5. The molecule has 12 aliphatic rings. The first-order chi connectivity index (χ1) is 31.3. The average Bonchev–Trinajstić information content (AvgIpc) is 4.17. The third-order valence-corrected chi connectivity index (χ3v) is 24.3. The third kappa shape index (κ3) is 7.80. The molecule has 0 aromatic carbocycles. The van der Waals surface area contributed by atoms with Gasteiger partial charge in [-0.05, 0) is 255 Å². The molecule has 4 saturated heterocycles. The van der Waals surface area contributed by atoms with Gasteiger partial charge in [0.15, 0.2) is 0 Å². The summed E-state index contributed by atoms with van der Waals surface area (Å²) in [5.74, 6) is 6.95. The van der Waals surface area contributed by atoms with Crippen LogP contribution < -0.4 is 0 Å². The van der Waals surface area contributed by atoms with Crippen LogP contribution in [0.5, 0.6) is 0 Å². The lowest BCUT2D eigenvalue weighted by Gasteiger charge is -2.32. The van der Waals surface area contributed by atoms with E-state index in [4.69, 9.17) is 18.9 Å². The summed E-state index contributed by atoms with van der Waals surface area (Å²) in [6.45, 7) is 34.5. The van der Waals surface area contributed by atoms with Crippen LogP contribution in [0.15, 0.2) is 0 Å². The standard InChI is InChI=1S/4C15H26O2/c4*1-10-5-6-12(13(3,4)16)9-15-11(2)7-8-14(10,15)17-15/h4*10-12,16H,5-9H2,1-4H3/t4*10-,11-,12+,14-,15-/m0000/s1. The van der Waals surface area contributed by atoms with Gasteiger partial charge in [0.05, 0.1) is 22.4 Å². The molecule has 8 saturated carbocycles. The number of ether oxygens (including phenoxy) is 4. The quantitative estimate of drug-likeness (QED) is 0.205. The number of hydrogen-bond acceptors (Lipinski definition) is 8. The SMILES string of the molecule is C[C@H]1CC[C@@H](C(C)(C)O)C[C@@]23O[C@@]12CC[C@@H]3C.C[C@H]1CC[C@@H](C(C)(C)O)C[C@@]23O[C@@]12CC[C@@H]3C.C[C@H]1CC[C@@H](C(C)(C)O)C[C@@]23O[C@@]12CC[C@@H]3C.C[C@H]1CC[C@@H](C(C)(C)O)C[C@@]23O[C@@]12CC[C@@H]3C. The molecule has 0 aromatic heterocycles. The Morgan fingerprint density at radius 2 is 0.426 bits per heavy atom. The molecule has 0 bridgehead atoms. The molecule has 20 atom stereocenters. The van der Waals surface area contributed by atoms with Crippen molar-refractivity contribution in [2.45, 2.75) is 306 Å². The van der Waals surface area contributed by atoms with E-state index in [0.717, 1.165) is 51.4 Å². The lowest BCUT2D eigenvalue weighted by Crippen LogP contribution is -2.36. The molecule has 0 radical (unpaired) electrons. The fourth-order valence-corrected chi connectivity index (χ4v) is 18.7. The van der Waals surface area contributed by atoms with Crippen molar-refractivity contribution in [3.63, 3.8) is 0 Å². The molecular formula is C60H104O8. The van der Waals surface area contributed by atoms with Crippen LogP contribution in [0, 0.1) is 71.0 Å². The van der Waals surface area contributed by atoms with Crippen molar-refractivity contribution in [2.75, 3.05) is 0 Å². The molecule has 4 N–H and O–H groups in total. The minimum absolute atomic E-state index is 0.119. The highest BCUT2D eigenvalue weighted by Gasteiger charge is 2.81. The Hall–Kier alpha value is -0.320. The maximum Gasteiger partial charge on any atom is 0.101 e. The summed E-state index contributed by atoms with van der Waals surface area (Å²) in [4.78, 5) is 0. The Labute approximate surface area is 415 Å². The van der Waals surface area contributed by atoms with Crippen molar-refractivity contribution in [1.29, 1.82) is 0 Å². The van der Waals surface area contributed by atoms with Crippen molar-refractivity contribution in [2.24, 2.45) is 71.0 Å². The molecular weight excluding hydrogens is 849 g/mol. The Kier molecular flexibility index (Phi) is 12.8. The molecule has 0 aromatic rings. The largest absolute Gasteiger partial charge is 0.390 e. The van der Waals surface area contributed by atoms with Gasteiger partial charge in [0.2, 0.25) is 0 Å². The van der Waals surface area contributed by atoms with Crippen LogP contribution in [0.3, 0.4) is 0 Å². The minimum Gasteiger partial charge on any atom is -0.390 e. The fourth-order valence-electron chi connectivity index (χ4n) is 18.7. The van der Waals surface area contributed by atoms with E-state index in [1.807, 2.05) is 55.4 Å². The molecule has 392 valence electrons. The maximum atomic E-state index is 10.3. The van der Waals surface area contributed by atoms with E-state index in [1.54, 1.807) is 0 Å². The summed E-state index contributed by atoms with van der Waals surface area (Å²) in [5.41, 5.74) is -1.00. The van der Waals surface area contributed by atoms with Gasteiger partial charge in [-0.25, -0.2) is 0 Å². The highest BCUT2D eigenvalue weighted by Crippen LogP contribution is 2.74. The smallest absolute Gasteiger partial charge is 0.101 e. The zero-order valence-electron chi connectivity index (χ0n) is 46.5. The molecule has 68 heavy (non-hydrogen) atoms. The van der Waals surface area contributed by atoms with Crippen molar-refractivity contribution in [3.05, 3.63) is 0 Å². The first kappa shape index (κ1) is 52.5.